The molecule has 0 fully saturated rings. The largest absolute Gasteiger partial charge is 0.494 e. The summed E-state index contributed by atoms with van der Waals surface area (Å²) in [6.07, 6.45) is 1.00. The molecular formula is C21H28FN6O7P. The molecule has 13 nitrogen and oxygen atoms in total. The average molecular weight is 526 g/mol. The van der Waals surface area contributed by atoms with Gasteiger partial charge in [0.1, 0.15) is 12.4 Å². The number of carbonyl (C=O) groups is 1. The molecule has 3 aromatic rings. The molecule has 2 unspecified atom stereocenters. The van der Waals surface area contributed by atoms with Gasteiger partial charge >= 0.3 is 5.97 Å². The topological polar surface area (TPSA) is 173 Å². The number of methoxy groups -OCH3 is 1. The fourth-order valence-corrected chi connectivity index (χ4v) is 4.83. The summed E-state index contributed by atoms with van der Waals surface area (Å²) in [5.74, 6) is -1.21. The summed E-state index contributed by atoms with van der Waals surface area (Å²) >= 11 is 0. The van der Waals surface area contributed by atoms with Crippen LogP contribution in [0, 0.1) is 5.82 Å². The quantitative estimate of drug-likeness (QED) is 0.168. The van der Waals surface area contributed by atoms with Crippen molar-refractivity contribution in [2.75, 3.05) is 32.4 Å². The number of fused-ring (bicyclic) bond motifs is 1. The van der Waals surface area contributed by atoms with Gasteiger partial charge in [0.15, 0.2) is 22.7 Å². The Kier molecular flexibility index (Phi) is 9.15. The second kappa shape index (κ2) is 12.1. The fraction of sp³-hybridized carbons (Fsp3) is 0.429. The normalized spacial score (nSPS) is 13.9. The van der Waals surface area contributed by atoms with E-state index in [-0.39, 0.29) is 49.2 Å². The minimum Gasteiger partial charge on any atom is -0.494 e. The van der Waals surface area contributed by atoms with Gasteiger partial charge in [-0.2, -0.15) is 4.98 Å². The zero-order valence-corrected chi connectivity index (χ0v) is 20.9. The molecule has 196 valence electrons. The van der Waals surface area contributed by atoms with Gasteiger partial charge in [-0.1, -0.05) is 6.07 Å². The van der Waals surface area contributed by atoms with E-state index >= 15 is 0 Å². The van der Waals surface area contributed by atoms with Gasteiger partial charge in [0.25, 0.3) is 13.1 Å². The molecule has 3 rings (SSSR count). The minimum absolute atomic E-state index is 0.0415. The average Bonchev–Trinajstić information content (AvgIpc) is 3.24. The predicted molar refractivity (Wildman–Crippen MR) is 128 cm³/mol. The highest BCUT2D eigenvalue weighted by Gasteiger charge is 2.29. The molecule has 0 saturated carbocycles. The number of imidazole rings is 1. The number of hydrogen-bond donors (Lipinski definition) is 3. The zero-order valence-electron chi connectivity index (χ0n) is 20.0. The molecule has 1 aromatic carbocycles. The van der Waals surface area contributed by atoms with Crippen LogP contribution in [0.3, 0.4) is 0 Å². The van der Waals surface area contributed by atoms with Crippen LogP contribution in [0.5, 0.6) is 5.75 Å². The third-order valence-electron chi connectivity index (χ3n) is 4.92. The Morgan fingerprint density at radius 2 is 2.17 bits per heavy atom. The smallest absolute Gasteiger partial charge is 0.323 e. The molecule has 0 spiro atoms. The van der Waals surface area contributed by atoms with Crippen LogP contribution in [0.2, 0.25) is 0 Å². The standard InChI is InChI=1S/C21H28FN6O7P/c1-4-34-20(30)13(2)27-36(31,35-10-14-5-6-16(32-3)15(22)9-14)12-33-8-7-28-11-24-17-18(28)25-21(23)26-19(17)29/h5-6,9,11,13H,4,7-8,10,12H2,1-3H3,(H,27,31)(H3,23,25,26,29). The number of nitrogens with zero attached hydrogens (tertiary/aromatic N) is 3. The molecule has 0 aliphatic heterocycles. The number of rotatable bonds is 13. The number of carbonyl (C=O) groups excluding carboxylic acids is 1. The Morgan fingerprint density at radius 3 is 2.86 bits per heavy atom. The highest BCUT2D eigenvalue weighted by atomic mass is 31.2. The summed E-state index contributed by atoms with van der Waals surface area (Å²) in [5, 5.41) is 2.65. The van der Waals surface area contributed by atoms with E-state index in [1.807, 2.05) is 0 Å². The SMILES string of the molecule is CCOC(=O)C(C)NP(=O)(COCCn1cnc2c(=O)[nH]c(N)nc21)OCc1ccc(OC)c(F)c1. The molecular weight excluding hydrogens is 498 g/mol. The van der Waals surface area contributed by atoms with Gasteiger partial charge in [0.2, 0.25) is 5.95 Å². The lowest BCUT2D eigenvalue weighted by Crippen LogP contribution is -2.34. The van der Waals surface area contributed by atoms with E-state index in [1.54, 1.807) is 17.6 Å². The first-order valence-electron chi connectivity index (χ1n) is 10.9. The van der Waals surface area contributed by atoms with Gasteiger partial charge in [-0.15, -0.1) is 0 Å². The molecule has 36 heavy (non-hydrogen) atoms. The number of nitrogen functional groups attached to an aromatic ring is 1. The summed E-state index contributed by atoms with van der Waals surface area (Å²) in [6.45, 7) is 3.31. The van der Waals surface area contributed by atoms with Crippen molar-refractivity contribution in [1.82, 2.24) is 24.6 Å². The maximum absolute atomic E-state index is 14.0. The lowest BCUT2D eigenvalue weighted by molar-refractivity contribution is -0.144. The molecule has 2 heterocycles. The maximum atomic E-state index is 14.0. The number of ether oxygens (including phenoxy) is 3. The van der Waals surface area contributed by atoms with Crippen LogP contribution in [-0.4, -0.2) is 58.2 Å². The van der Waals surface area contributed by atoms with Gasteiger partial charge in [-0.3, -0.25) is 19.1 Å². The summed E-state index contributed by atoms with van der Waals surface area (Å²) < 4.78 is 50.1. The second-order valence-electron chi connectivity index (χ2n) is 7.62. The summed E-state index contributed by atoms with van der Waals surface area (Å²) in [5.41, 5.74) is 5.92. The van der Waals surface area contributed by atoms with Crippen molar-refractivity contribution < 1.29 is 32.5 Å². The van der Waals surface area contributed by atoms with Crippen LogP contribution in [0.25, 0.3) is 11.2 Å². The van der Waals surface area contributed by atoms with Crippen molar-refractivity contribution in [3.63, 3.8) is 0 Å². The number of esters is 1. The Morgan fingerprint density at radius 1 is 1.39 bits per heavy atom. The van der Waals surface area contributed by atoms with Crippen molar-refractivity contribution in [3.05, 3.63) is 46.3 Å². The van der Waals surface area contributed by atoms with Crippen LogP contribution in [0.15, 0.2) is 29.3 Å². The highest BCUT2D eigenvalue weighted by molar-refractivity contribution is 7.56. The molecule has 0 aliphatic rings. The number of halogens is 1. The van der Waals surface area contributed by atoms with Crippen molar-refractivity contribution in [1.29, 1.82) is 0 Å². The maximum Gasteiger partial charge on any atom is 0.323 e. The zero-order chi connectivity index (χ0) is 26.3. The van der Waals surface area contributed by atoms with E-state index in [1.165, 1.54) is 32.5 Å². The number of nitrogens with two attached hydrogens (primary N) is 1. The van der Waals surface area contributed by atoms with Crippen molar-refractivity contribution >= 4 is 30.6 Å². The Labute approximate surface area is 205 Å². The summed E-state index contributed by atoms with van der Waals surface area (Å²) in [4.78, 5) is 34.4. The Balaban J connectivity index is 1.66. The van der Waals surface area contributed by atoms with Gasteiger partial charge in [-0.25, -0.2) is 14.5 Å². The predicted octanol–water partition coefficient (Wildman–Crippen LogP) is 1.77. The van der Waals surface area contributed by atoms with Gasteiger partial charge in [-0.05, 0) is 31.5 Å². The molecule has 2 aromatic heterocycles. The van der Waals surface area contributed by atoms with E-state index in [4.69, 9.17) is 24.5 Å². The molecule has 15 heteroatoms. The van der Waals surface area contributed by atoms with E-state index in [2.05, 4.69) is 20.0 Å². The summed E-state index contributed by atoms with van der Waals surface area (Å²) in [7, 11) is -2.42. The number of H-pyrrole nitrogens is 1. The van der Waals surface area contributed by atoms with Crippen molar-refractivity contribution in [3.8, 4) is 5.75 Å². The number of aromatic amines is 1. The number of benzene rings is 1. The first-order valence-corrected chi connectivity index (χ1v) is 12.8. The molecule has 0 amide bonds. The third-order valence-corrected chi connectivity index (χ3v) is 6.77. The van der Waals surface area contributed by atoms with Gasteiger partial charge in [0.05, 0.1) is 33.3 Å². The monoisotopic (exact) mass is 526 g/mol. The fourth-order valence-electron chi connectivity index (χ4n) is 3.19. The number of hydrogen-bond acceptors (Lipinski definition) is 10. The number of nitrogens with one attached hydrogen (secondary N) is 2. The Hall–Kier alpha value is -3.32. The van der Waals surface area contributed by atoms with Crippen LogP contribution in [-0.2, 0) is 36.5 Å². The highest BCUT2D eigenvalue weighted by Crippen LogP contribution is 2.44. The second-order valence-corrected chi connectivity index (χ2v) is 9.74. The van der Waals surface area contributed by atoms with Crippen LogP contribution >= 0.6 is 7.52 Å². The molecule has 0 aliphatic carbocycles. The summed E-state index contributed by atoms with van der Waals surface area (Å²) in [6, 6.07) is 3.23. The van der Waals surface area contributed by atoms with Crippen LogP contribution in [0.4, 0.5) is 10.3 Å². The molecule has 4 N–H and O–H groups in total. The Bertz CT molecular complexity index is 1310. The molecule has 0 bridgehead atoms. The van der Waals surface area contributed by atoms with Crippen LogP contribution in [0.1, 0.15) is 19.4 Å². The van der Waals surface area contributed by atoms with E-state index in [9.17, 15) is 18.5 Å². The third kappa shape index (κ3) is 6.88. The van der Waals surface area contributed by atoms with E-state index < -0.39 is 37.3 Å². The lowest BCUT2D eigenvalue weighted by Gasteiger charge is -2.23. The first-order chi connectivity index (χ1) is 17.2. The number of aromatic nitrogens is 4. The molecule has 0 saturated heterocycles. The van der Waals surface area contributed by atoms with Crippen molar-refractivity contribution in [2.45, 2.75) is 33.0 Å². The van der Waals surface area contributed by atoms with Gasteiger partial charge < -0.3 is 29.0 Å². The number of anilines is 1. The molecule has 2 atom stereocenters. The van der Waals surface area contributed by atoms with Crippen LogP contribution < -0.4 is 21.1 Å². The lowest BCUT2D eigenvalue weighted by atomic mass is 10.2. The van der Waals surface area contributed by atoms with Gasteiger partial charge in [0, 0.05) is 6.54 Å². The van der Waals surface area contributed by atoms with E-state index in [0.717, 1.165) is 0 Å². The first kappa shape index (κ1) is 27.3. The van der Waals surface area contributed by atoms with E-state index in [0.29, 0.717) is 5.56 Å². The van der Waals surface area contributed by atoms with Crippen molar-refractivity contribution in [2.24, 2.45) is 0 Å². The minimum atomic E-state index is -3.76. The molecule has 0 radical (unpaired) electrons.